The van der Waals surface area contributed by atoms with Gasteiger partial charge in [-0.15, -0.1) is 0 Å². The quantitative estimate of drug-likeness (QED) is 0.208. The largest absolute Gasteiger partial charge is 0.353 e. The number of hydrogen-bond donors (Lipinski definition) is 4. The Hall–Kier alpha value is -3.94. The van der Waals surface area contributed by atoms with Crippen LogP contribution in [0.4, 0.5) is 5.69 Å². The van der Waals surface area contributed by atoms with Gasteiger partial charge in [-0.05, 0) is 43.9 Å². The Balaban J connectivity index is 0.00000882. The zero-order valence-corrected chi connectivity index (χ0v) is 25.9. The van der Waals surface area contributed by atoms with Crippen LogP contribution in [0.1, 0.15) is 69.8 Å². The van der Waals surface area contributed by atoms with Gasteiger partial charge in [0.25, 0.3) is 17.4 Å². The van der Waals surface area contributed by atoms with Gasteiger partial charge >= 0.3 is 0 Å². The summed E-state index contributed by atoms with van der Waals surface area (Å²) in [5.41, 5.74) is -0.549. The molecule has 0 bridgehead atoms. The minimum atomic E-state index is -1.25. The topological polar surface area (TPSA) is 173 Å². The summed E-state index contributed by atoms with van der Waals surface area (Å²) in [5.74, 6) is -2.80. The van der Waals surface area contributed by atoms with Gasteiger partial charge in [0, 0.05) is 39.0 Å². The van der Waals surface area contributed by atoms with Gasteiger partial charge in [-0.1, -0.05) is 33.1 Å². The molecule has 2 rings (SSSR count). The van der Waals surface area contributed by atoms with E-state index in [4.69, 9.17) is 0 Å². The number of Topliss-reactive ketones (excluding diaryl/α,β-unsaturated/α-hetero) is 1. The molecule has 13 nitrogen and oxygen atoms in total. The number of hydrogen-bond acceptors (Lipinski definition) is 7. The molecule has 3 atom stereocenters. The molecule has 0 aliphatic heterocycles. The molecule has 0 saturated carbocycles. The number of likely N-dealkylation sites (N-methyl/N-ethyl adjacent to an activating group) is 1. The minimum Gasteiger partial charge on any atom is -0.353 e. The van der Waals surface area contributed by atoms with E-state index in [1.807, 2.05) is 6.92 Å². The number of aromatic nitrogens is 3. The number of carbonyl (C=O) groups is 5. The number of ketones is 1. The molecule has 42 heavy (non-hydrogen) atoms. The van der Waals surface area contributed by atoms with Crippen molar-refractivity contribution in [2.24, 2.45) is 13.0 Å². The smallest absolute Gasteiger partial charge is 0.287 e. The van der Waals surface area contributed by atoms with Crippen molar-refractivity contribution in [3.63, 3.8) is 0 Å². The van der Waals surface area contributed by atoms with Crippen molar-refractivity contribution in [2.75, 3.05) is 12.4 Å². The monoisotopic (exact) mass is 605 g/mol. The first-order chi connectivity index (χ1) is 19.5. The van der Waals surface area contributed by atoms with Gasteiger partial charge < -0.3 is 25.8 Å². The molecule has 2 heterocycles. The van der Waals surface area contributed by atoms with Gasteiger partial charge in [0.1, 0.15) is 24.0 Å². The summed E-state index contributed by atoms with van der Waals surface area (Å²) in [6, 6.07) is 3.04. The average molecular weight is 606 g/mol. The Morgan fingerprint density at radius 1 is 1.05 bits per heavy atom. The van der Waals surface area contributed by atoms with Crippen LogP contribution in [-0.4, -0.2) is 62.9 Å². The summed E-state index contributed by atoms with van der Waals surface area (Å²) in [7, 11) is 2.86. The van der Waals surface area contributed by atoms with Crippen LogP contribution < -0.4 is 26.8 Å². The summed E-state index contributed by atoms with van der Waals surface area (Å²) in [6.07, 6.45) is 6.37. The lowest BCUT2D eigenvalue weighted by Crippen LogP contribution is -2.46. The van der Waals surface area contributed by atoms with E-state index in [1.54, 1.807) is 7.05 Å². The maximum atomic E-state index is 13.2. The highest BCUT2D eigenvalue weighted by Gasteiger charge is 2.26. The normalized spacial score (nSPS) is 12.7. The van der Waals surface area contributed by atoms with Crippen LogP contribution in [0.2, 0.25) is 0 Å². The summed E-state index contributed by atoms with van der Waals surface area (Å²) in [4.78, 5) is 75.4. The van der Waals surface area contributed by atoms with Crippen LogP contribution in [0.5, 0.6) is 0 Å². The number of carbonyl (C=O) groups excluding carboxylic acids is 5. The average Bonchev–Trinajstić information content (AvgIpc) is 3.37. The van der Waals surface area contributed by atoms with E-state index in [9.17, 15) is 28.8 Å². The molecular weight excluding hydrogens is 562 g/mol. The molecule has 0 aromatic carbocycles. The van der Waals surface area contributed by atoms with Crippen LogP contribution in [0, 0.1) is 5.92 Å². The van der Waals surface area contributed by atoms with E-state index in [-0.39, 0.29) is 56.2 Å². The highest BCUT2D eigenvalue weighted by molar-refractivity contribution is 7.59. The van der Waals surface area contributed by atoms with E-state index in [0.29, 0.717) is 5.92 Å². The third kappa shape index (κ3) is 10.8. The van der Waals surface area contributed by atoms with Gasteiger partial charge in [-0.2, -0.15) is 18.6 Å². The molecule has 0 radical (unpaired) electrons. The van der Waals surface area contributed by atoms with Crippen LogP contribution in [0.25, 0.3) is 0 Å². The van der Waals surface area contributed by atoms with E-state index < -0.39 is 35.1 Å². The number of anilines is 1. The number of aryl methyl sites for hydroxylation is 1. The Morgan fingerprint density at radius 3 is 2.36 bits per heavy atom. The highest BCUT2D eigenvalue weighted by atomic mass is 32.1. The van der Waals surface area contributed by atoms with Crippen molar-refractivity contribution < 1.29 is 24.0 Å². The number of nitrogens with zero attached hydrogens (tertiary/aromatic N) is 3. The Morgan fingerprint density at radius 2 is 1.76 bits per heavy atom. The van der Waals surface area contributed by atoms with Gasteiger partial charge in [0.05, 0.1) is 0 Å². The van der Waals surface area contributed by atoms with Crippen LogP contribution >= 0.6 is 13.5 Å². The molecule has 0 aliphatic rings. The van der Waals surface area contributed by atoms with E-state index in [0.717, 1.165) is 25.7 Å². The molecule has 0 fully saturated rings. The third-order valence-corrected chi connectivity index (χ3v) is 6.78. The van der Waals surface area contributed by atoms with E-state index >= 15 is 0 Å². The standard InChI is InChI=1S/C28H41N7O6.H2S/c1-6-9-19(7-2)16-18(3)31-24(37)17-35-15-8-10-21(28(35)41)33-25(38)20(11-12-23(36)27(40)29-4)32-26(39)22-13-14-30-34(22)5;/h8,10,13-15,18-20H,6-7,9,11-12,16-17H2,1-5H3,(H,29,40)(H,31,37)(H,32,39)(H,33,38);1H2. The van der Waals surface area contributed by atoms with Gasteiger partial charge in [0.15, 0.2) is 0 Å². The summed E-state index contributed by atoms with van der Waals surface area (Å²) in [5, 5.41) is 14.1. The molecule has 3 unspecified atom stereocenters. The second-order valence-corrected chi connectivity index (χ2v) is 10.0. The summed E-state index contributed by atoms with van der Waals surface area (Å²) >= 11 is 0. The fourth-order valence-corrected chi connectivity index (χ4v) is 4.53. The molecule has 0 saturated heterocycles. The fraction of sp³-hybridized carbons (Fsp3) is 0.536. The Labute approximate surface area is 252 Å². The maximum absolute atomic E-state index is 13.2. The third-order valence-electron chi connectivity index (χ3n) is 6.78. The molecule has 232 valence electrons. The molecular formula is C28H43N7O6S. The number of amides is 4. The predicted octanol–water partition coefficient (Wildman–Crippen LogP) is 1.25. The number of rotatable bonds is 16. The first-order valence-electron chi connectivity index (χ1n) is 13.8. The second-order valence-electron chi connectivity index (χ2n) is 10.0. The molecule has 4 amide bonds. The Kier molecular flexibility index (Phi) is 15.3. The summed E-state index contributed by atoms with van der Waals surface area (Å²) in [6.45, 7) is 5.96. The zero-order valence-electron chi connectivity index (χ0n) is 24.9. The van der Waals surface area contributed by atoms with Crippen molar-refractivity contribution in [3.8, 4) is 0 Å². The lowest BCUT2D eigenvalue weighted by Gasteiger charge is -2.21. The lowest BCUT2D eigenvalue weighted by atomic mass is 9.93. The Bertz CT molecular complexity index is 1290. The van der Waals surface area contributed by atoms with Crippen molar-refractivity contribution in [1.29, 1.82) is 0 Å². The number of nitrogens with one attached hydrogen (secondary N) is 4. The molecule has 0 aliphatic carbocycles. The van der Waals surface area contributed by atoms with Gasteiger partial charge in [-0.25, -0.2) is 0 Å². The van der Waals surface area contributed by atoms with Crippen molar-refractivity contribution >= 4 is 48.6 Å². The second kappa shape index (κ2) is 17.8. The van der Waals surface area contributed by atoms with Crippen molar-refractivity contribution in [2.45, 2.75) is 77.9 Å². The first-order valence-corrected chi connectivity index (χ1v) is 13.8. The zero-order chi connectivity index (χ0) is 30.5. The fourth-order valence-electron chi connectivity index (χ4n) is 4.53. The van der Waals surface area contributed by atoms with Crippen LogP contribution in [0.3, 0.4) is 0 Å². The molecule has 2 aromatic heterocycles. The molecule has 0 spiro atoms. The molecule has 14 heteroatoms. The first kappa shape index (κ1) is 36.1. The SMILES string of the molecule is CCCC(CC)CC(C)NC(=O)Cn1cccc(NC(=O)C(CCC(=O)C(=O)NC)NC(=O)c2ccnn2C)c1=O.S. The maximum Gasteiger partial charge on any atom is 0.287 e. The van der Waals surface area contributed by atoms with E-state index in [2.05, 4.69) is 40.2 Å². The highest BCUT2D eigenvalue weighted by Crippen LogP contribution is 2.17. The minimum absolute atomic E-state index is 0. The van der Waals surface area contributed by atoms with Crippen LogP contribution in [-0.2, 0) is 32.8 Å². The predicted molar refractivity (Wildman–Crippen MR) is 163 cm³/mol. The van der Waals surface area contributed by atoms with Crippen molar-refractivity contribution in [3.05, 3.63) is 46.6 Å². The number of pyridine rings is 1. The van der Waals surface area contributed by atoms with Gasteiger partial charge in [0.2, 0.25) is 17.6 Å². The molecule has 2 aromatic rings. The van der Waals surface area contributed by atoms with Crippen molar-refractivity contribution in [1.82, 2.24) is 30.3 Å². The summed E-state index contributed by atoms with van der Waals surface area (Å²) < 4.78 is 2.49. The lowest BCUT2D eigenvalue weighted by molar-refractivity contribution is -0.137. The van der Waals surface area contributed by atoms with E-state index in [1.165, 1.54) is 46.9 Å². The van der Waals surface area contributed by atoms with Gasteiger partial charge in [-0.3, -0.25) is 33.4 Å². The van der Waals surface area contributed by atoms with Crippen LogP contribution in [0.15, 0.2) is 35.4 Å². The molecule has 4 N–H and O–H groups in total.